The third-order valence-corrected chi connectivity index (χ3v) is 6.68. The van der Waals surface area contributed by atoms with Gasteiger partial charge in [-0.2, -0.15) is 0 Å². The Balaban J connectivity index is 2.31. The van der Waals surface area contributed by atoms with Gasteiger partial charge in [-0.05, 0) is 65.7 Å². The normalized spacial score (nSPS) is 20.5. The fourth-order valence-corrected chi connectivity index (χ4v) is 4.70. The maximum atomic E-state index is 10.9. The van der Waals surface area contributed by atoms with E-state index in [1.54, 1.807) is 0 Å². The summed E-state index contributed by atoms with van der Waals surface area (Å²) in [6, 6.07) is 3.73. The molecule has 158 valence electrons. The highest BCUT2D eigenvalue weighted by Gasteiger charge is 2.34. The molecule has 0 heterocycles. The van der Waals surface area contributed by atoms with Gasteiger partial charge in [-0.25, -0.2) is 0 Å². The highest BCUT2D eigenvalue weighted by Crippen LogP contribution is 2.49. The van der Waals surface area contributed by atoms with Gasteiger partial charge in [0.05, 0.1) is 6.61 Å². The molecule has 0 radical (unpaired) electrons. The monoisotopic (exact) mass is 388 g/mol. The molecule has 0 fully saturated rings. The van der Waals surface area contributed by atoms with Gasteiger partial charge in [0, 0.05) is 5.56 Å². The van der Waals surface area contributed by atoms with Crippen LogP contribution in [0, 0.1) is 11.8 Å². The van der Waals surface area contributed by atoms with Crippen LogP contribution in [0.15, 0.2) is 23.8 Å². The van der Waals surface area contributed by atoms with E-state index in [1.165, 1.54) is 19.3 Å². The minimum Gasteiger partial charge on any atom is -0.508 e. The molecule has 1 aliphatic carbocycles. The fourth-order valence-electron chi connectivity index (χ4n) is 4.70. The summed E-state index contributed by atoms with van der Waals surface area (Å²) in [6.45, 7) is 11.0. The Kier molecular flexibility index (Phi) is 8.00. The Morgan fingerprint density at radius 3 is 2.25 bits per heavy atom. The van der Waals surface area contributed by atoms with E-state index in [9.17, 15) is 15.3 Å². The van der Waals surface area contributed by atoms with Crippen molar-refractivity contribution in [1.82, 2.24) is 0 Å². The lowest BCUT2D eigenvalue weighted by Crippen LogP contribution is -2.24. The van der Waals surface area contributed by atoms with Crippen molar-refractivity contribution in [2.24, 2.45) is 11.8 Å². The van der Waals surface area contributed by atoms with Crippen LogP contribution in [0.3, 0.4) is 0 Å². The van der Waals surface area contributed by atoms with Crippen LogP contribution in [0.25, 0.3) is 0 Å². The van der Waals surface area contributed by atoms with E-state index < -0.39 is 0 Å². The number of rotatable bonds is 9. The number of aliphatic hydroxyl groups is 1. The van der Waals surface area contributed by atoms with Crippen molar-refractivity contribution in [3.8, 4) is 11.5 Å². The second kappa shape index (κ2) is 9.82. The average molecular weight is 389 g/mol. The van der Waals surface area contributed by atoms with Crippen molar-refractivity contribution in [3.05, 3.63) is 34.9 Å². The lowest BCUT2D eigenvalue weighted by Gasteiger charge is -2.35. The Bertz CT molecular complexity index is 649. The molecule has 0 unspecified atom stereocenters. The first-order chi connectivity index (χ1) is 13.2. The maximum absolute atomic E-state index is 10.9. The lowest BCUT2D eigenvalue weighted by atomic mass is 9.70. The number of allylic oxidation sites excluding steroid dienone is 1. The molecule has 0 spiro atoms. The summed E-state index contributed by atoms with van der Waals surface area (Å²) in [7, 11) is 0. The van der Waals surface area contributed by atoms with E-state index in [4.69, 9.17) is 0 Å². The number of aliphatic hydroxyl groups excluding tert-OH is 1. The molecule has 3 N–H and O–H groups in total. The van der Waals surface area contributed by atoms with E-state index in [2.05, 4.69) is 40.7 Å². The molecule has 3 heteroatoms. The number of phenolic OH excluding ortho intramolecular Hbond substituents is 2. The molecule has 0 amide bonds. The summed E-state index contributed by atoms with van der Waals surface area (Å²) < 4.78 is 0. The van der Waals surface area contributed by atoms with Gasteiger partial charge in [0.15, 0.2) is 0 Å². The molecule has 1 aliphatic rings. The topological polar surface area (TPSA) is 60.7 Å². The van der Waals surface area contributed by atoms with E-state index >= 15 is 0 Å². The van der Waals surface area contributed by atoms with Crippen LogP contribution < -0.4 is 0 Å². The van der Waals surface area contributed by atoms with Gasteiger partial charge in [-0.3, -0.25) is 0 Å². The molecule has 1 aromatic rings. The van der Waals surface area contributed by atoms with Crippen molar-refractivity contribution >= 4 is 0 Å². The molecular weight excluding hydrogens is 348 g/mol. The van der Waals surface area contributed by atoms with E-state index in [0.29, 0.717) is 23.8 Å². The standard InChI is InChI=1S/C25H40O3/c1-6-7-8-9-12-25(4,5)19-14-22(27)24(23(28)15-19)21-13-18(16-26)10-11-20(21)17(2)3/h10,14-15,17,20-21,26-28H,6-9,11-13,16H2,1-5H3/t20-,21+/m0/s1. The average Bonchev–Trinajstić information content (AvgIpc) is 2.64. The summed E-state index contributed by atoms with van der Waals surface area (Å²) in [5.74, 6) is 1.22. The quantitative estimate of drug-likeness (QED) is 0.338. The molecule has 2 rings (SSSR count). The zero-order chi connectivity index (χ0) is 20.9. The number of phenols is 2. The van der Waals surface area contributed by atoms with Gasteiger partial charge in [0.2, 0.25) is 0 Å². The van der Waals surface area contributed by atoms with Gasteiger partial charge in [-0.1, -0.05) is 66.4 Å². The Morgan fingerprint density at radius 1 is 1.07 bits per heavy atom. The Morgan fingerprint density at radius 2 is 1.71 bits per heavy atom. The van der Waals surface area contributed by atoms with Crippen molar-refractivity contribution in [1.29, 1.82) is 0 Å². The largest absolute Gasteiger partial charge is 0.508 e. The van der Waals surface area contributed by atoms with Crippen LogP contribution in [0.5, 0.6) is 11.5 Å². The van der Waals surface area contributed by atoms with Crippen LogP contribution in [0.1, 0.15) is 96.6 Å². The van der Waals surface area contributed by atoms with E-state index in [1.807, 2.05) is 12.1 Å². The third-order valence-electron chi connectivity index (χ3n) is 6.68. The predicted molar refractivity (Wildman–Crippen MR) is 117 cm³/mol. The lowest BCUT2D eigenvalue weighted by molar-refractivity contribution is 0.267. The first kappa shape index (κ1) is 22.8. The van der Waals surface area contributed by atoms with Crippen molar-refractivity contribution in [2.45, 2.75) is 90.9 Å². The molecule has 3 nitrogen and oxygen atoms in total. The summed E-state index contributed by atoms with van der Waals surface area (Å²) >= 11 is 0. The van der Waals surface area contributed by atoms with Crippen LogP contribution in [0.2, 0.25) is 0 Å². The van der Waals surface area contributed by atoms with Crippen LogP contribution >= 0.6 is 0 Å². The molecule has 28 heavy (non-hydrogen) atoms. The van der Waals surface area contributed by atoms with Gasteiger partial charge in [0.1, 0.15) is 11.5 Å². The van der Waals surface area contributed by atoms with E-state index in [0.717, 1.165) is 30.4 Å². The molecule has 0 aromatic heterocycles. The molecule has 2 atom stereocenters. The smallest absolute Gasteiger partial charge is 0.123 e. The zero-order valence-electron chi connectivity index (χ0n) is 18.5. The Hall–Kier alpha value is -1.48. The predicted octanol–water partition coefficient (Wildman–Crippen LogP) is 6.41. The number of hydrogen-bond donors (Lipinski definition) is 3. The number of unbranched alkanes of at least 4 members (excludes halogenated alkanes) is 3. The molecule has 0 aliphatic heterocycles. The molecule has 0 saturated carbocycles. The highest BCUT2D eigenvalue weighted by molar-refractivity contribution is 5.51. The highest BCUT2D eigenvalue weighted by atomic mass is 16.3. The van der Waals surface area contributed by atoms with E-state index in [-0.39, 0.29) is 29.4 Å². The molecule has 1 aromatic carbocycles. The second-order valence-electron chi connectivity index (χ2n) is 9.60. The van der Waals surface area contributed by atoms with Gasteiger partial charge >= 0.3 is 0 Å². The SMILES string of the molecule is CCCCCCC(C)(C)c1cc(O)c([C@@H]2CC(CO)=CC[C@H]2C(C)C)c(O)c1. The van der Waals surface area contributed by atoms with Crippen LogP contribution in [-0.4, -0.2) is 21.9 Å². The van der Waals surface area contributed by atoms with Crippen LogP contribution in [0.4, 0.5) is 0 Å². The van der Waals surface area contributed by atoms with Gasteiger partial charge in [-0.15, -0.1) is 0 Å². The maximum Gasteiger partial charge on any atom is 0.123 e. The van der Waals surface area contributed by atoms with Crippen molar-refractivity contribution in [3.63, 3.8) is 0 Å². The fraction of sp³-hybridized carbons (Fsp3) is 0.680. The van der Waals surface area contributed by atoms with Crippen molar-refractivity contribution in [2.75, 3.05) is 6.61 Å². The Labute approximate surface area is 171 Å². The second-order valence-corrected chi connectivity index (χ2v) is 9.60. The van der Waals surface area contributed by atoms with Crippen molar-refractivity contribution < 1.29 is 15.3 Å². The number of hydrogen-bond acceptors (Lipinski definition) is 3. The summed E-state index contributed by atoms with van der Waals surface area (Å²) in [4.78, 5) is 0. The van der Waals surface area contributed by atoms with Gasteiger partial charge < -0.3 is 15.3 Å². The number of benzene rings is 1. The summed E-state index contributed by atoms with van der Waals surface area (Å²) in [5, 5.41) is 31.4. The molecular formula is C25H40O3. The minimum absolute atomic E-state index is 0.0360. The molecule has 0 saturated heterocycles. The number of aromatic hydroxyl groups is 2. The summed E-state index contributed by atoms with van der Waals surface area (Å²) in [6.07, 6.45) is 9.60. The summed E-state index contributed by atoms with van der Waals surface area (Å²) in [5.41, 5.74) is 2.57. The third kappa shape index (κ3) is 5.31. The first-order valence-electron chi connectivity index (χ1n) is 11.1. The zero-order valence-corrected chi connectivity index (χ0v) is 18.5. The van der Waals surface area contributed by atoms with Gasteiger partial charge in [0.25, 0.3) is 0 Å². The molecule has 0 bridgehead atoms. The first-order valence-corrected chi connectivity index (χ1v) is 11.1. The van der Waals surface area contributed by atoms with Crippen LogP contribution in [-0.2, 0) is 5.41 Å². The minimum atomic E-state index is -0.0819.